The molecule has 0 aliphatic carbocycles. The second-order valence-electron chi connectivity index (χ2n) is 6.43. The molecule has 0 saturated carbocycles. The minimum Gasteiger partial charge on any atom is -0.378 e. The van der Waals surface area contributed by atoms with Crippen molar-refractivity contribution in [2.75, 3.05) is 26.0 Å². The zero-order valence-corrected chi connectivity index (χ0v) is 12.7. The van der Waals surface area contributed by atoms with Crippen LogP contribution in [0.1, 0.15) is 45.2 Å². The van der Waals surface area contributed by atoms with Gasteiger partial charge in [-0.05, 0) is 43.0 Å². The summed E-state index contributed by atoms with van der Waals surface area (Å²) < 4.78 is 0. The molecule has 2 heteroatoms. The van der Waals surface area contributed by atoms with Gasteiger partial charge in [-0.15, -0.1) is 0 Å². The Bertz CT molecular complexity index is 364. The first-order chi connectivity index (χ1) is 8.33. The van der Waals surface area contributed by atoms with E-state index in [4.69, 9.17) is 0 Å². The van der Waals surface area contributed by atoms with Gasteiger partial charge in [0.2, 0.25) is 0 Å². The minimum atomic E-state index is 0.397. The van der Waals surface area contributed by atoms with Crippen LogP contribution in [0.15, 0.2) is 24.3 Å². The summed E-state index contributed by atoms with van der Waals surface area (Å²) in [5, 5.41) is 3.44. The molecule has 1 rings (SSSR count). The van der Waals surface area contributed by atoms with E-state index in [0.717, 1.165) is 0 Å². The maximum Gasteiger partial charge on any atom is 0.0364 e. The smallest absolute Gasteiger partial charge is 0.0364 e. The quantitative estimate of drug-likeness (QED) is 0.851. The summed E-state index contributed by atoms with van der Waals surface area (Å²) in [5.74, 6) is 0. The van der Waals surface area contributed by atoms with Crippen molar-refractivity contribution in [1.82, 2.24) is 5.32 Å². The molecule has 0 radical (unpaired) electrons. The van der Waals surface area contributed by atoms with Crippen LogP contribution in [0.25, 0.3) is 0 Å². The Morgan fingerprint density at radius 3 is 2.39 bits per heavy atom. The summed E-state index contributed by atoms with van der Waals surface area (Å²) in [7, 11) is 6.22. The van der Waals surface area contributed by atoms with Gasteiger partial charge in [-0.2, -0.15) is 0 Å². The normalized spacial score (nSPS) is 13.4. The van der Waals surface area contributed by atoms with Gasteiger partial charge in [0.15, 0.2) is 0 Å². The van der Waals surface area contributed by atoms with E-state index >= 15 is 0 Å². The summed E-state index contributed by atoms with van der Waals surface area (Å²) in [6.07, 6.45) is 2.40. The molecule has 0 bridgehead atoms. The van der Waals surface area contributed by atoms with E-state index in [2.05, 4.69) is 76.4 Å². The third kappa shape index (κ3) is 4.69. The summed E-state index contributed by atoms with van der Waals surface area (Å²) in [6, 6.07) is 9.25. The molecule has 0 fully saturated rings. The number of hydrogen-bond donors (Lipinski definition) is 1. The van der Waals surface area contributed by atoms with Crippen LogP contribution in [-0.4, -0.2) is 21.1 Å². The molecule has 102 valence electrons. The van der Waals surface area contributed by atoms with Gasteiger partial charge < -0.3 is 10.2 Å². The molecule has 0 saturated heterocycles. The van der Waals surface area contributed by atoms with Gasteiger partial charge in [0.1, 0.15) is 0 Å². The zero-order valence-electron chi connectivity index (χ0n) is 12.7. The molecule has 1 N–H and O–H groups in total. The Morgan fingerprint density at radius 1 is 1.22 bits per heavy atom. The van der Waals surface area contributed by atoms with Crippen LogP contribution in [0.4, 0.5) is 5.69 Å². The van der Waals surface area contributed by atoms with Crippen molar-refractivity contribution < 1.29 is 0 Å². The Labute approximate surface area is 112 Å². The van der Waals surface area contributed by atoms with E-state index in [1.165, 1.54) is 24.1 Å². The van der Waals surface area contributed by atoms with Crippen LogP contribution in [0.3, 0.4) is 0 Å². The lowest BCUT2D eigenvalue weighted by molar-refractivity contribution is 0.338. The first kappa shape index (κ1) is 15.0. The van der Waals surface area contributed by atoms with Crippen molar-refractivity contribution in [1.29, 1.82) is 0 Å². The van der Waals surface area contributed by atoms with Gasteiger partial charge in [0, 0.05) is 25.8 Å². The number of anilines is 1. The fourth-order valence-corrected chi connectivity index (χ4v) is 2.07. The van der Waals surface area contributed by atoms with Crippen molar-refractivity contribution >= 4 is 5.69 Å². The Morgan fingerprint density at radius 2 is 1.89 bits per heavy atom. The lowest BCUT2D eigenvalue weighted by Crippen LogP contribution is -2.19. The monoisotopic (exact) mass is 248 g/mol. The highest BCUT2D eigenvalue weighted by atomic mass is 15.1. The molecule has 0 heterocycles. The van der Waals surface area contributed by atoms with Gasteiger partial charge >= 0.3 is 0 Å². The second-order valence-corrected chi connectivity index (χ2v) is 6.43. The summed E-state index contributed by atoms with van der Waals surface area (Å²) in [4.78, 5) is 2.15. The SMILES string of the molecule is CNC(CCC(C)(C)C)c1cccc(N(C)C)c1. The number of nitrogens with zero attached hydrogens (tertiary/aromatic N) is 1. The molecule has 1 unspecified atom stereocenters. The summed E-state index contributed by atoms with van der Waals surface area (Å²) >= 11 is 0. The highest BCUT2D eigenvalue weighted by Gasteiger charge is 2.15. The molecular weight excluding hydrogens is 220 g/mol. The van der Waals surface area contributed by atoms with Crippen LogP contribution >= 0.6 is 0 Å². The van der Waals surface area contributed by atoms with Crippen LogP contribution in [0, 0.1) is 5.41 Å². The molecule has 18 heavy (non-hydrogen) atoms. The Balaban J connectivity index is 2.78. The van der Waals surface area contributed by atoms with Crippen molar-refractivity contribution in [3.63, 3.8) is 0 Å². The van der Waals surface area contributed by atoms with Crippen molar-refractivity contribution in [2.45, 2.75) is 39.7 Å². The maximum atomic E-state index is 3.44. The van der Waals surface area contributed by atoms with E-state index < -0.39 is 0 Å². The Kier molecular flexibility index (Phi) is 5.21. The van der Waals surface area contributed by atoms with Crippen molar-refractivity contribution in [3.05, 3.63) is 29.8 Å². The van der Waals surface area contributed by atoms with Crippen LogP contribution in [-0.2, 0) is 0 Å². The molecule has 2 nitrogen and oxygen atoms in total. The predicted molar refractivity (Wildman–Crippen MR) is 81.3 cm³/mol. The van der Waals surface area contributed by atoms with Gasteiger partial charge in [0.25, 0.3) is 0 Å². The average Bonchev–Trinajstić information content (AvgIpc) is 2.28. The molecule has 0 amide bonds. The van der Waals surface area contributed by atoms with Crippen molar-refractivity contribution in [3.8, 4) is 0 Å². The molecule has 1 aromatic rings. The van der Waals surface area contributed by atoms with E-state index in [1.807, 2.05) is 0 Å². The van der Waals surface area contributed by atoms with E-state index in [1.54, 1.807) is 0 Å². The first-order valence-electron chi connectivity index (χ1n) is 6.78. The average molecular weight is 248 g/mol. The fourth-order valence-electron chi connectivity index (χ4n) is 2.07. The molecule has 1 atom stereocenters. The lowest BCUT2D eigenvalue weighted by Gasteiger charge is -2.24. The van der Waals surface area contributed by atoms with Crippen LogP contribution in [0.2, 0.25) is 0 Å². The lowest BCUT2D eigenvalue weighted by atomic mass is 9.87. The fraction of sp³-hybridized carbons (Fsp3) is 0.625. The predicted octanol–water partition coefficient (Wildman–Crippen LogP) is 3.84. The van der Waals surface area contributed by atoms with Gasteiger partial charge in [-0.1, -0.05) is 32.9 Å². The zero-order chi connectivity index (χ0) is 13.8. The van der Waals surface area contributed by atoms with Gasteiger partial charge in [-0.25, -0.2) is 0 Å². The number of benzene rings is 1. The van der Waals surface area contributed by atoms with Crippen LogP contribution in [0.5, 0.6) is 0 Å². The highest BCUT2D eigenvalue weighted by Crippen LogP contribution is 2.28. The third-order valence-electron chi connectivity index (χ3n) is 3.32. The third-order valence-corrected chi connectivity index (χ3v) is 3.32. The topological polar surface area (TPSA) is 15.3 Å². The summed E-state index contributed by atoms with van der Waals surface area (Å²) in [5.41, 5.74) is 3.05. The molecular formula is C16H28N2. The van der Waals surface area contributed by atoms with Crippen LogP contribution < -0.4 is 10.2 Å². The molecule has 0 aliphatic rings. The molecule has 1 aromatic carbocycles. The second kappa shape index (κ2) is 6.24. The largest absolute Gasteiger partial charge is 0.378 e. The molecule has 0 spiro atoms. The van der Waals surface area contributed by atoms with E-state index in [-0.39, 0.29) is 0 Å². The molecule has 0 aliphatic heterocycles. The number of rotatable bonds is 5. The number of nitrogens with one attached hydrogen (secondary N) is 1. The van der Waals surface area contributed by atoms with E-state index in [9.17, 15) is 0 Å². The van der Waals surface area contributed by atoms with E-state index in [0.29, 0.717) is 11.5 Å². The Hall–Kier alpha value is -1.02. The summed E-state index contributed by atoms with van der Waals surface area (Å²) in [6.45, 7) is 6.90. The van der Waals surface area contributed by atoms with Crippen molar-refractivity contribution in [2.24, 2.45) is 5.41 Å². The van der Waals surface area contributed by atoms with Gasteiger partial charge in [-0.3, -0.25) is 0 Å². The molecule has 0 aromatic heterocycles. The highest BCUT2D eigenvalue weighted by molar-refractivity contribution is 5.47. The standard InChI is InChI=1S/C16H28N2/c1-16(2,3)11-10-15(17-4)13-8-7-9-14(12-13)18(5)6/h7-9,12,15,17H,10-11H2,1-6H3. The van der Waals surface area contributed by atoms with Gasteiger partial charge in [0.05, 0.1) is 0 Å². The maximum absolute atomic E-state index is 3.44. The first-order valence-corrected chi connectivity index (χ1v) is 6.78. The minimum absolute atomic E-state index is 0.397. The number of hydrogen-bond acceptors (Lipinski definition) is 2.